The van der Waals surface area contributed by atoms with Crippen LogP contribution in [-0.4, -0.2) is 19.9 Å². The Bertz CT molecular complexity index is 3790. The van der Waals surface area contributed by atoms with E-state index in [0.29, 0.717) is 17.5 Å². The molecule has 312 valence electrons. The third-order valence-corrected chi connectivity index (χ3v) is 13.7. The van der Waals surface area contributed by atoms with Crippen molar-refractivity contribution in [1.29, 1.82) is 0 Å². The molecule has 0 radical (unpaired) electrons. The fourth-order valence-electron chi connectivity index (χ4n) is 10.7. The highest BCUT2D eigenvalue weighted by Gasteiger charge is 2.46. The molecule has 12 aromatic rings. The van der Waals surface area contributed by atoms with Crippen LogP contribution in [-0.2, 0) is 5.41 Å². The highest BCUT2D eigenvalue weighted by molar-refractivity contribution is 6.25. The number of benzene rings is 10. The first-order chi connectivity index (χ1) is 33.2. The largest absolute Gasteiger partial charge is 0.265 e. The van der Waals surface area contributed by atoms with Crippen molar-refractivity contribution in [2.24, 2.45) is 0 Å². The molecule has 0 N–H and O–H groups in total. The minimum absolute atomic E-state index is 0.498. The molecule has 1 aliphatic carbocycles. The molecular formula is C63H40N4. The highest BCUT2D eigenvalue weighted by atomic mass is 15.0. The molecule has 0 saturated heterocycles. The zero-order valence-corrected chi connectivity index (χ0v) is 36.4. The first kappa shape index (κ1) is 38.6. The van der Waals surface area contributed by atoms with Gasteiger partial charge in [0.05, 0.1) is 5.41 Å². The summed E-state index contributed by atoms with van der Waals surface area (Å²) in [5.74, 6) is 1.83. The minimum Gasteiger partial charge on any atom is -0.265 e. The molecule has 0 fully saturated rings. The Hall–Kier alpha value is -8.86. The van der Waals surface area contributed by atoms with Gasteiger partial charge in [0, 0.05) is 29.1 Å². The van der Waals surface area contributed by atoms with Gasteiger partial charge in [-0.1, -0.05) is 194 Å². The van der Waals surface area contributed by atoms with E-state index in [0.717, 1.165) is 44.3 Å². The molecule has 13 rings (SSSR count). The summed E-state index contributed by atoms with van der Waals surface area (Å²) in [6.07, 6.45) is 3.65. The lowest BCUT2D eigenvalue weighted by Crippen LogP contribution is -2.28. The molecule has 0 bridgehead atoms. The normalized spacial score (nSPS) is 12.6. The average Bonchev–Trinajstić information content (AvgIpc) is 3.72. The van der Waals surface area contributed by atoms with Crippen molar-refractivity contribution in [3.8, 4) is 67.5 Å². The second kappa shape index (κ2) is 15.7. The van der Waals surface area contributed by atoms with Crippen molar-refractivity contribution < 1.29 is 0 Å². The summed E-state index contributed by atoms with van der Waals surface area (Å²) in [6, 6.07) is 82.9. The molecule has 0 aliphatic heterocycles. The second-order valence-corrected chi connectivity index (χ2v) is 17.3. The van der Waals surface area contributed by atoms with E-state index in [1.165, 1.54) is 60.3 Å². The summed E-state index contributed by atoms with van der Waals surface area (Å²) in [6.45, 7) is 0. The molecule has 0 spiro atoms. The van der Waals surface area contributed by atoms with E-state index in [2.05, 4.69) is 223 Å². The average molecular weight is 853 g/mol. The van der Waals surface area contributed by atoms with Gasteiger partial charge in [-0.25, -0.2) is 15.0 Å². The standard InChI is InChI=1S/C63H40N4/c1-3-19-48(20-4-1)63(49-21-5-2-6-22-49)58-28-12-11-27-55(58)56-32-29-44(40-59(56)63)43-16-14-18-46(38-43)61-65-60(45-17-13-15-42(37-45)41-33-35-64-36-34-41)66-62(67-61)47-30-31-54-52-25-8-7-23-50(52)51-24-9-10-26-53(51)57(54)39-47/h1-40H. The molecule has 0 amide bonds. The van der Waals surface area contributed by atoms with Crippen LogP contribution in [0.25, 0.3) is 99.9 Å². The fourth-order valence-corrected chi connectivity index (χ4v) is 10.7. The first-order valence-corrected chi connectivity index (χ1v) is 22.8. The molecule has 0 unspecified atom stereocenters. The summed E-state index contributed by atoms with van der Waals surface area (Å²) in [4.78, 5) is 20.1. The van der Waals surface area contributed by atoms with Gasteiger partial charge in [-0.3, -0.25) is 4.98 Å². The zero-order chi connectivity index (χ0) is 44.3. The lowest BCUT2D eigenvalue weighted by atomic mass is 9.67. The number of nitrogens with zero attached hydrogens (tertiary/aromatic N) is 4. The van der Waals surface area contributed by atoms with Gasteiger partial charge in [0.15, 0.2) is 17.5 Å². The molecule has 0 saturated carbocycles. The molecule has 67 heavy (non-hydrogen) atoms. The Balaban J connectivity index is 0.989. The van der Waals surface area contributed by atoms with Crippen LogP contribution in [0.2, 0.25) is 0 Å². The third kappa shape index (κ3) is 6.29. The summed E-state index contributed by atoms with van der Waals surface area (Å²) in [7, 11) is 0. The van der Waals surface area contributed by atoms with Crippen LogP contribution >= 0.6 is 0 Å². The van der Waals surface area contributed by atoms with E-state index in [-0.39, 0.29) is 0 Å². The maximum Gasteiger partial charge on any atom is 0.164 e. The topological polar surface area (TPSA) is 51.6 Å². The van der Waals surface area contributed by atoms with E-state index in [1.807, 2.05) is 24.5 Å². The van der Waals surface area contributed by atoms with E-state index in [1.54, 1.807) is 0 Å². The monoisotopic (exact) mass is 852 g/mol. The summed E-state index contributed by atoms with van der Waals surface area (Å²) in [5.41, 5.74) is 14.1. The van der Waals surface area contributed by atoms with Gasteiger partial charge in [-0.05, 0) is 124 Å². The molecule has 1 aliphatic rings. The predicted octanol–water partition coefficient (Wildman–Crippen LogP) is 15.4. The van der Waals surface area contributed by atoms with Crippen molar-refractivity contribution in [3.63, 3.8) is 0 Å². The van der Waals surface area contributed by atoms with Crippen LogP contribution < -0.4 is 0 Å². The van der Waals surface area contributed by atoms with Crippen molar-refractivity contribution in [3.05, 3.63) is 265 Å². The summed E-state index contributed by atoms with van der Waals surface area (Å²) >= 11 is 0. The lowest BCUT2D eigenvalue weighted by molar-refractivity contribution is 0.769. The minimum atomic E-state index is -0.498. The Morgan fingerprint density at radius 3 is 1.28 bits per heavy atom. The summed E-state index contributed by atoms with van der Waals surface area (Å²) < 4.78 is 0. The first-order valence-electron chi connectivity index (χ1n) is 22.8. The van der Waals surface area contributed by atoms with Crippen LogP contribution in [0.4, 0.5) is 0 Å². The fraction of sp³-hybridized carbons (Fsp3) is 0.0159. The van der Waals surface area contributed by atoms with Gasteiger partial charge >= 0.3 is 0 Å². The van der Waals surface area contributed by atoms with Crippen LogP contribution in [0.5, 0.6) is 0 Å². The van der Waals surface area contributed by atoms with Gasteiger partial charge < -0.3 is 0 Å². The van der Waals surface area contributed by atoms with E-state index < -0.39 is 5.41 Å². The van der Waals surface area contributed by atoms with Crippen molar-refractivity contribution in [1.82, 2.24) is 19.9 Å². The Morgan fingerprint density at radius 2 is 0.687 bits per heavy atom. The van der Waals surface area contributed by atoms with Crippen LogP contribution in [0.1, 0.15) is 22.3 Å². The smallest absolute Gasteiger partial charge is 0.164 e. The molecule has 2 aromatic heterocycles. The van der Waals surface area contributed by atoms with Crippen LogP contribution in [0.3, 0.4) is 0 Å². The van der Waals surface area contributed by atoms with E-state index in [9.17, 15) is 0 Å². The Labute approximate surface area is 388 Å². The molecule has 4 heteroatoms. The van der Waals surface area contributed by atoms with Crippen molar-refractivity contribution in [2.45, 2.75) is 5.41 Å². The quantitative estimate of drug-likeness (QED) is 0.150. The van der Waals surface area contributed by atoms with Gasteiger partial charge in [0.25, 0.3) is 0 Å². The molecule has 0 atom stereocenters. The highest BCUT2D eigenvalue weighted by Crippen LogP contribution is 2.56. The molecule has 4 nitrogen and oxygen atoms in total. The maximum atomic E-state index is 5.32. The number of rotatable bonds is 7. The van der Waals surface area contributed by atoms with Gasteiger partial charge in [-0.15, -0.1) is 0 Å². The van der Waals surface area contributed by atoms with Crippen LogP contribution in [0.15, 0.2) is 243 Å². The molecular weight excluding hydrogens is 813 g/mol. The third-order valence-electron chi connectivity index (χ3n) is 13.7. The van der Waals surface area contributed by atoms with Gasteiger partial charge in [0.1, 0.15) is 0 Å². The van der Waals surface area contributed by atoms with Crippen LogP contribution in [0, 0.1) is 0 Å². The SMILES string of the molecule is c1ccc(C2(c3ccccc3)c3ccccc3-c3ccc(-c4cccc(-c5nc(-c6cccc(-c7ccncc7)c6)nc(-c6ccc7c8ccccc8c8ccccc8c7c6)n5)c4)cc32)cc1. The zero-order valence-electron chi connectivity index (χ0n) is 36.4. The number of hydrogen-bond acceptors (Lipinski definition) is 4. The number of pyridine rings is 1. The summed E-state index contributed by atoms with van der Waals surface area (Å²) in [5, 5.41) is 7.26. The Morgan fingerprint density at radius 1 is 0.254 bits per heavy atom. The maximum absolute atomic E-state index is 5.32. The number of hydrogen-bond donors (Lipinski definition) is 0. The lowest BCUT2D eigenvalue weighted by Gasteiger charge is -2.34. The Kier molecular flexibility index (Phi) is 9.04. The number of fused-ring (bicyclic) bond motifs is 9. The van der Waals surface area contributed by atoms with Crippen molar-refractivity contribution >= 4 is 32.3 Å². The van der Waals surface area contributed by atoms with E-state index in [4.69, 9.17) is 15.0 Å². The van der Waals surface area contributed by atoms with Gasteiger partial charge in [0.2, 0.25) is 0 Å². The number of aromatic nitrogens is 4. The van der Waals surface area contributed by atoms with E-state index >= 15 is 0 Å². The van der Waals surface area contributed by atoms with Gasteiger partial charge in [-0.2, -0.15) is 0 Å². The second-order valence-electron chi connectivity index (χ2n) is 17.3. The molecule has 2 heterocycles. The predicted molar refractivity (Wildman–Crippen MR) is 275 cm³/mol. The molecule has 10 aromatic carbocycles. The van der Waals surface area contributed by atoms with Crippen molar-refractivity contribution in [2.75, 3.05) is 0 Å².